The summed E-state index contributed by atoms with van der Waals surface area (Å²) >= 11 is 0. The second kappa shape index (κ2) is 6.79. The minimum atomic E-state index is -6.61. The molecule has 1 unspecified atom stereocenters. The zero-order chi connectivity index (χ0) is 21.7. The van der Waals surface area contributed by atoms with Crippen LogP contribution in [-0.2, 0) is 13.7 Å². The van der Waals surface area contributed by atoms with E-state index in [2.05, 4.69) is 3.63 Å². The Labute approximate surface area is 162 Å². The number of hydrogen-bond donors (Lipinski definition) is 0. The van der Waals surface area contributed by atoms with Crippen LogP contribution in [0.5, 0.6) is 0 Å². The molecule has 0 amide bonds. The zero-order valence-corrected chi connectivity index (χ0v) is 15.6. The van der Waals surface area contributed by atoms with Crippen LogP contribution in [0.2, 0.25) is 0 Å². The van der Waals surface area contributed by atoms with Crippen molar-refractivity contribution in [1.29, 1.82) is 5.26 Å². The third kappa shape index (κ3) is 3.39. The predicted molar refractivity (Wildman–Crippen MR) is 93.4 cm³/mol. The standard InChI is InChI=1S/C17H9F6NO3S2/c18-16(19,20)28(27-29(25,26)17(21,22)23)14-7-2-1-5-13(14)9-15(28)12-6-3-4-11(8-12)10-24/h1-9H. The number of nitrogens with zero attached hydrogens (tertiary/aromatic N) is 1. The number of nitriles is 1. The van der Waals surface area contributed by atoms with E-state index in [9.17, 15) is 34.8 Å². The highest BCUT2D eigenvalue weighted by atomic mass is 32.3. The van der Waals surface area contributed by atoms with Gasteiger partial charge >= 0.3 is 21.1 Å². The van der Waals surface area contributed by atoms with E-state index >= 15 is 0 Å². The molecule has 154 valence electrons. The molecule has 1 aliphatic heterocycles. The normalized spacial score (nSPS) is 21.6. The predicted octanol–water partition coefficient (Wildman–Crippen LogP) is 5.53. The number of alkyl halides is 6. The molecule has 0 spiro atoms. The lowest BCUT2D eigenvalue weighted by molar-refractivity contribution is -0.0543. The molecule has 0 saturated heterocycles. The average Bonchev–Trinajstić information content (AvgIpc) is 2.96. The van der Waals surface area contributed by atoms with Crippen LogP contribution in [0, 0.1) is 11.3 Å². The minimum Gasteiger partial charge on any atom is -0.196 e. The Bertz CT molecular complexity index is 1150. The van der Waals surface area contributed by atoms with Gasteiger partial charge in [0.1, 0.15) is 0 Å². The molecular formula is C17H9F6NO3S2. The van der Waals surface area contributed by atoms with Gasteiger partial charge < -0.3 is 0 Å². The molecule has 1 heterocycles. The highest BCUT2D eigenvalue weighted by Crippen LogP contribution is 2.80. The third-order valence-corrected chi connectivity index (χ3v) is 8.62. The van der Waals surface area contributed by atoms with Gasteiger partial charge in [-0.3, -0.25) is 0 Å². The van der Waals surface area contributed by atoms with Crippen LogP contribution in [0.1, 0.15) is 16.7 Å². The van der Waals surface area contributed by atoms with Gasteiger partial charge in [0.2, 0.25) is 0 Å². The summed E-state index contributed by atoms with van der Waals surface area (Å²) in [6.45, 7) is 0. The third-order valence-electron chi connectivity index (χ3n) is 3.90. The molecule has 12 heteroatoms. The lowest BCUT2D eigenvalue weighted by atomic mass is 10.1. The van der Waals surface area contributed by atoms with Crippen molar-refractivity contribution < 1.29 is 38.4 Å². The van der Waals surface area contributed by atoms with Crippen molar-refractivity contribution in [3.63, 3.8) is 0 Å². The first kappa shape index (κ1) is 21.2. The van der Waals surface area contributed by atoms with Gasteiger partial charge in [-0.1, -0.05) is 30.3 Å². The summed E-state index contributed by atoms with van der Waals surface area (Å²) in [7, 11) is -11.8. The molecule has 1 atom stereocenters. The van der Waals surface area contributed by atoms with E-state index in [1.54, 1.807) is 6.07 Å². The van der Waals surface area contributed by atoms with Crippen molar-refractivity contribution in [2.24, 2.45) is 0 Å². The Kier molecular flexibility index (Phi) is 4.97. The summed E-state index contributed by atoms with van der Waals surface area (Å²) in [4.78, 5) is -1.52. The fourth-order valence-corrected chi connectivity index (χ4v) is 7.22. The second-order valence-electron chi connectivity index (χ2n) is 5.71. The van der Waals surface area contributed by atoms with E-state index < -0.39 is 41.2 Å². The van der Waals surface area contributed by atoms with Gasteiger partial charge in [-0.05, 0) is 35.4 Å². The van der Waals surface area contributed by atoms with Crippen molar-refractivity contribution >= 4 is 31.4 Å². The van der Waals surface area contributed by atoms with Gasteiger partial charge in [-0.2, -0.15) is 43.7 Å². The maximum absolute atomic E-state index is 14.3. The number of hydrogen-bond acceptors (Lipinski definition) is 4. The molecular weight excluding hydrogens is 444 g/mol. The van der Waals surface area contributed by atoms with Crippen LogP contribution >= 0.6 is 10.3 Å². The van der Waals surface area contributed by atoms with Crippen LogP contribution in [-0.4, -0.2) is 19.4 Å². The molecule has 2 aromatic carbocycles. The Morgan fingerprint density at radius 3 is 2.21 bits per heavy atom. The lowest BCUT2D eigenvalue weighted by Gasteiger charge is -2.39. The summed E-state index contributed by atoms with van der Waals surface area (Å²) in [6.07, 6.45) is 0.931. The molecule has 29 heavy (non-hydrogen) atoms. The molecule has 0 aliphatic carbocycles. The van der Waals surface area contributed by atoms with Crippen LogP contribution < -0.4 is 0 Å². The van der Waals surface area contributed by atoms with Gasteiger partial charge in [-0.15, -0.1) is 0 Å². The van der Waals surface area contributed by atoms with Gasteiger partial charge in [0, 0.05) is 20.1 Å². The molecule has 0 bridgehead atoms. The second-order valence-corrected chi connectivity index (χ2v) is 10.1. The fourth-order valence-electron chi connectivity index (χ4n) is 2.73. The summed E-state index contributed by atoms with van der Waals surface area (Å²) in [5, 5.41) is 9.00. The van der Waals surface area contributed by atoms with Gasteiger partial charge in [-0.25, -0.2) is 0 Å². The first-order chi connectivity index (χ1) is 13.3. The molecule has 0 aromatic heterocycles. The maximum atomic E-state index is 14.3. The molecule has 1 aliphatic rings. The summed E-state index contributed by atoms with van der Waals surface area (Å²) in [6, 6.07) is 10.9. The van der Waals surface area contributed by atoms with Crippen LogP contribution in [0.25, 0.3) is 11.0 Å². The summed E-state index contributed by atoms with van der Waals surface area (Å²) < 4.78 is 109. The van der Waals surface area contributed by atoms with Gasteiger partial charge in [0.25, 0.3) is 0 Å². The first-order valence-electron chi connectivity index (χ1n) is 7.57. The topological polar surface area (TPSA) is 67.2 Å². The van der Waals surface area contributed by atoms with E-state index in [0.717, 1.165) is 30.3 Å². The maximum Gasteiger partial charge on any atom is 0.523 e. The van der Waals surface area contributed by atoms with Crippen LogP contribution in [0.4, 0.5) is 26.3 Å². The first-order valence-corrected chi connectivity index (χ1v) is 10.5. The Morgan fingerprint density at radius 2 is 1.62 bits per heavy atom. The van der Waals surface area contributed by atoms with E-state index in [1.165, 1.54) is 24.3 Å². The van der Waals surface area contributed by atoms with E-state index in [1.807, 2.05) is 0 Å². The molecule has 0 radical (unpaired) electrons. The Hall–Kier alpha value is -2.49. The lowest BCUT2D eigenvalue weighted by Crippen LogP contribution is -2.32. The molecule has 0 N–H and O–H groups in total. The number of rotatable bonds is 3. The largest absolute Gasteiger partial charge is 0.523 e. The van der Waals surface area contributed by atoms with Crippen LogP contribution in [0.15, 0.2) is 53.4 Å². The molecule has 0 fully saturated rings. The van der Waals surface area contributed by atoms with Crippen molar-refractivity contribution in [1.82, 2.24) is 0 Å². The SMILES string of the molecule is N#Cc1cccc(C2=Cc3ccccc3S2(OS(=O)(=O)C(F)(F)F)C(F)(F)F)c1. The quantitative estimate of drug-likeness (QED) is 0.453. The van der Waals surface area contributed by atoms with E-state index in [0.29, 0.717) is 0 Å². The Morgan fingerprint density at radius 1 is 0.966 bits per heavy atom. The van der Waals surface area contributed by atoms with Gasteiger partial charge in [0.15, 0.2) is 0 Å². The zero-order valence-electron chi connectivity index (χ0n) is 14.0. The van der Waals surface area contributed by atoms with E-state index in [4.69, 9.17) is 5.26 Å². The smallest absolute Gasteiger partial charge is 0.196 e. The molecule has 2 aromatic rings. The fraction of sp³-hybridized carbons (Fsp3) is 0.118. The molecule has 4 nitrogen and oxygen atoms in total. The van der Waals surface area contributed by atoms with Crippen molar-refractivity contribution in [2.75, 3.05) is 0 Å². The highest BCUT2D eigenvalue weighted by molar-refractivity contribution is 8.41. The number of halogens is 6. The van der Waals surface area contributed by atoms with Crippen molar-refractivity contribution in [3.8, 4) is 6.07 Å². The molecule has 0 saturated carbocycles. The summed E-state index contributed by atoms with van der Waals surface area (Å²) in [5.74, 6) is 0. The van der Waals surface area contributed by atoms with Crippen molar-refractivity contribution in [2.45, 2.75) is 15.9 Å². The number of fused-ring (bicyclic) bond motifs is 1. The van der Waals surface area contributed by atoms with Crippen LogP contribution in [0.3, 0.4) is 0 Å². The van der Waals surface area contributed by atoms with Gasteiger partial charge in [0.05, 0.1) is 11.6 Å². The van der Waals surface area contributed by atoms with E-state index in [-0.39, 0.29) is 16.7 Å². The van der Waals surface area contributed by atoms with Crippen molar-refractivity contribution in [3.05, 3.63) is 65.2 Å². The average molecular weight is 453 g/mol. The number of benzene rings is 2. The molecule has 3 rings (SSSR count). The Balaban J connectivity index is 2.36. The minimum absolute atomic E-state index is 0.0616. The summed E-state index contributed by atoms with van der Waals surface area (Å²) in [5.41, 5.74) is -12.0. The monoisotopic (exact) mass is 453 g/mol. The highest BCUT2D eigenvalue weighted by Gasteiger charge is 2.64.